The highest BCUT2D eigenvalue weighted by atomic mass is 32.1. The Kier molecular flexibility index (Phi) is 3.94. The van der Waals surface area contributed by atoms with Crippen molar-refractivity contribution in [1.82, 2.24) is 4.98 Å². The molecule has 0 bridgehead atoms. The third-order valence-corrected chi connectivity index (χ3v) is 3.42. The van der Waals surface area contributed by atoms with Crippen LogP contribution in [0.4, 0.5) is 20.6 Å². The molecule has 2 amide bonds. The van der Waals surface area contributed by atoms with E-state index >= 15 is 0 Å². The largest absolute Gasteiger partial charge is 0.389 e. The number of anilines is 3. The molecule has 2 rings (SSSR count). The van der Waals surface area contributed by atoms with E-state index in [0.29, 0.717) is 10.1 Å². The van der Waals surface area contributed by atoms with Gasteiger partial charge in [0, 0.05) is 11.1 Å². The van der Waals surface area contributed by atoms with E-state index in [0.717, 1.165) is 11.4 Å². The van der Waals surface area contributed by atoms with Crippen LogP contribution in [0.1, 0.15) is 26.5 Å². The summed E-state index contributed by atoms with van der Waals surface area (Å²) in [6.07, 6.45) is 0. The highest BCUT2D eigenvalue weighted by Gasteiger charge is 2.22. The number of carbonyl (C=O) groups is 1. The van der Waals surface area contributed by atoms with Crippen LogP contribution in [0.15, 0.2) is 30.3 Å². The summed E-state index contributed by atoms with van der Waals surface area (Å²) in [5, 5.41) is 6.57. The van der Waals surface area contributed by atoms with Crippen LogP contribution >= 0.6 is 11.3 Å². The number of nitrogen functional groups attached to an aromatic ring is 1. The first-order chi connectivity index (χ1) is 9.36. The summed E-state index contributed by atoms with van der Waals surface area (Å²) < 4.78 is 0. The molecule has 0 fully saturated rings. The third kappa shape index (κ3) is 3.48. The van der Waals surface area contributed by atoms with Crippen molar-refractivity contribution in [3.05, 3.63) is 36.0 Å². The second-order valence-electron chi connectivity index (χ2n) is 5.43. The normalized spacial score (nSPS) is 11.2. The van der Waals surface area contributed by atoms with Gasteiger partial charge in [-0.25, -0.2) is 9.78 Å². The van der Waals surface area contributed by atoms with E-state index in [2.05, 4.69) is 15.6 Å². The highest BCUT2D eigenvalue weighted by molar-refractivity contribution is 7.19. The number of nitrogens with two attached hydrogens (primary N) is 1. The number of hydrogen-bond acceptors (Lipinski definition) is 4. The molecule has 0 saturated carbocycles. The number of nitrogens with zero attached hydrogens (tertiary/aromatic N) is 1. The lowest BCUT2D eigenvalue weighted by Gasteiger charge is -2.15. The summed E-state index contributed by atoms with van der Waals surface area (Å²) in [5.74, 6) is 0. The van der Waals surface area contributed by atoms with Crippen molar-refractivity contribution < 1.29 is 4.79 Å². The summed E-state index contributed by atoms with van der Waals surface area (Å²) >= 11 is 1.27. The zero-order valence-corrected chi connectivity index (χ0v) is 12.5. The number of nitrogens with one attached hydrogen (secondary N) is 2. The molecule has 0 aliphatic carbocycles. The molecular formula is C14H18N4OS. The van der Waals surface area contributed by atoms with Crippen LogP contribution in [0.5, 0.6) is 0 Å². The van der Waals surface area contributed by atoms with E-state index in [9.17, 15) is 4.79 Å². The first kappa shape index (κ1) is 14.3. The number of urea groups is 1. The number of hydrogen-bond donors (Lipinski definition) is 3. The maximum absolute atomic E-state index is 11.9. The van der Waals surface area contributed by atoms with Crippen molar-refractivity contribution in [3.8, 4) is 0 Å². The highest BCUT2D eigenvalue weighted by Crippen LogP contribution is 2.33. The van der Waals surface area contributed by atoms with E-state index in [1.807, 2.05) is 51.1 Å². The number of carbonyl (C=O) groups excluding carboxylic acids is 1. The fourth-order valence-electron chi connectivity index (χ4n) is 1.70. The van der Waals surface area contributed by atoms with Gasteiger partial charge in [0.05, 0.1) is 5.69 Å². The van der Waals surface area contributed by atoms with Gasteiger partial charge in [0.2, 0.25) is 0 Å². The van der Waals surface area contributed by atoms with Crippen LogP contribution in [-0.4, -0.2) is 11.0 Å². The lowest BCUT2D eigenvalue weighted by Crippen LogP contribution is -2.19. The van der Waals surface area contributed by atoms with Gasteiger partial charge < -0.3 is 11.1 Å². The average Bonchev–Trinajstić information content (AvgIpc) is 2.71. The summed E-state index contributed by atoms with van der Waals surface area (Å²) in [6, 6.07) is 8.90. The molecule has 4 N–H and O–H groups in total. The van der Waals surface area contributed by atoms with Crippen LogP contribution in [-0.2, 0) is 5.41 Å². The van der Waals surface area contributed by atoms with Gasteiger partial charge in [0.1, 0.15) is 5.00 Å². The minimum atomic E-state index is -0.328. The molecule has 1 aromatic heterocycles. The van der Waals surface area contributed by atoms with E-state index in [-0.39, 0.29) is 11.4 Å². The van der Waals surface area contributed by atoms with Crippen LogP contribution < -0.4 is 16.4 Å². The number of para-hydroxylation sites is 1. The first-order valence-electron chi connectivity index (χ1n) is 6.26. The molecular weight excluding hydrogens is 272 g/mol. The number of amides is 2. The summed E-state index contributed by atoms with van der Waals surface area (Å²) in [6.45, 7) is 6.10. The molecule has 6 heteroatoms. The summed E-state index contributed by atoms with van der Waals surface area (Å²) in [4.78, 5) is 16.2. The summed E-state index contributed by atoms with van der Waals surface area (Å²) in [7, 11) is 0. The lowest BCUT2D eigenvalue weighted by molar-refractivity contribution is 0.262. The Labute approximate surface area is 122 Å². The monoisotopic (exact) mass is 290 g/mol. The number of aromatic nitrogens is 1. The smallest absolute Gasteiger partial charge is 0.325 e. The molecule has 0 atom stereocenters. The molecule has 0 radical (unpaired) electrons. The molecule has 20 heavy (non-hydrogen) atoms. The molecule has 106 valence electrons. The molecule has 2 aromatic rings. The number of thiazole rings is 1. The van der Waals surface area contributed by atoms with E-state index in [4.69, 9.17) is 5.73 Å². The molecule has 0 aliphatic rings. The maximum Gasteiger partial charge on any atom is 0.325 e. The van der Waals surface area contributed by atoms with Gasteiger partial charge in [0.25, 0.3) is 0 Å². The van der Waals surface area contributed by atoms with Crippen molar-refractivity contribution in [3.63, 3.8) is 0 Å². The lowest BCUT2D eigenvalue weighted by atomic mass is 9.93. The molecule has 0 spiro atoms. The van der Waals surface area contributed by atoms with Crippen LogP contribution in [0.25, 0.3) is 0 Å². The molecule has 1 aromatic carbocycles. The average molecular weight is 290 g/mol. The Morgan fingerprint density at radius 3 is 2.40 bits per heavy atom. The maximum atomic E-state index is 11.9. The van der Waals surface area contributed by atoms with Gasteiger partial charge in [-0.2, -0.15) is 0 Å². The van der Waals surface area contributed by atoms with Gasteiger partial charge in [-0.15, -0.1) is 0 Å². The van der Waals surface area contributed by atoms with Gasteiger partial charge in [-0.05, 0) is 12.1 Å². The van der Waals surface area contributed by atoms with E-state index in [1.165, 1.54) is 11.3 Å². The summed E-state index contributed by atoms with van der Waals surface area (Å²) in [5.41, 5.74) is 7.33. The predicted octanol–water partition coefficient (Wildman–Crippen LogP) is 3.67. The van der Waals surface area contributed by atoms with E-state index < -0.39 is 0 Å². The zero-order valence-electron chi connectivity index (χ0n) is 11.7. The van der Waals surface area contributed by atoms with Crippen LogP contribution in [0.3, 0.4) is 0 Å². The van der Waals surface area contributed by atoms with Gasteiger partial charge in [0.15, 0.2) is 5.13 Å². The van der Waals surface area contributed by atoms with Crippen molar-refractivity contribution in [2.75, 3.05) is 16.4 Å². The molecule has 0 aliphatic heterocycles. The van der Waals surface area contributed by atoms with Crippen molar-refractivity contribution in [2.24, 2.45) is 0 Å². The number of benzene rings is 1. The van der Waals surface area contributed by atoms with E-state index in [1.54, 1.807) is 0 Å². The molecule has 1 heterocycles. The zero-order chi connectivity index (χ0) is 14.8. The quantitative estimate of drug-likeness (QED) is 0.789. The van der Waals surface area contributed by atoms with Gasteiger partial charge in [-0.3, -0.25) is 5.32 Å². The Hall–Kier alpha value is -2.08. The first-order valence-corrected chi connectivity index (χ1v) is 7.08. The SMILES string of the molecule is CC(C)(C)c1nc(NC(=O)Nc2ccccc2)sc1N. The van der Waals surface area contributed by atoms with Crippen molar-refractivity contribution >= 4 is 33.2 Å². The van der Waals surface area contributed by atoms with Crippen molar-refractivity contribution in [2.45, 2.75) is 26.2 Å². The molecule has 0 unspecified atom stereocenters. The molecule has 0 saturated heterocycles. The van der Waals surface area contributed by atoms with Crippen LogP contribution in [0, 0.1) is 0 Å². The van der Waals surface area contributed by atoms with Crippen LogP contribution in [0.2, 0.25) is 0 Å². The third-order valence-electron chi connectivity index (χ3n) is 2.62. The Morgan fingerprint density at radius 1 is 1.20 bits per heavy atom. The molecule has 5 nitrogen and oxygen atoms in total. The topological polar surface area (TPSA) is 80.0 Å². The minimum absolute atomic E-state index is 0.142. The van der Waals surface area contributed by atoms with Gasteiger partial charge in [-0.1, -0.05) is 50.3 Å². The Morgan fingerprint density at radius 2 is 1.85 bits per heavy atom. The Bertz CT molecular complexity index is 601. The van der Waals surface area contributed by atoms with Gasteiger partial charge >= 0.3 is 6.03 Å². The second-order valence-corrected chi connectivity index (χ2v) is 6.46. The fraction of sp³-hybridized carbons (Fsp3) is 0.286. The predicted molar refractivity (Wildman–Crippen MR) is 84.3 cm³/mol. The standard InChI is InChI=1S/C14H18N4OS/c1-14(2,3)10-11(15)20-13(17-10)18-12(19)16-9-7-5-4-6-8-9/h4-8H,15H2,1-3H3,(H2,16,17,18,19). The minimum Gasteiger partial charge on any atom is -0.389 e. The Balaban J connectivity index is 2.05. The van der Waals surface area contributed by atoms with Crippen molar-refractivity contribution in [1.29, 1.82) is 0 Å². The second kappa shape index (κ2) is 5.50. The fourth-order valence-corrected chi connectivity index (χ4v) is 2.64. The number of rotatable bonds is 2.